The zero-order chi connectivity index (χ0) is 16.9. The highest BCUT2D eigenvalue weighted by Gasteiger charge is 2.17. The number of benzene rings is 3. The number of carbonyl (C=O) groups is 1. The van der Waals surface area contributed by atoms with Gasteiger partial charge in [-0.25, -0.2) is 0 Å². The van der Waals surface area contributed by atoms with Crippen LogP contribution in [0.25, 0.3) is 0 Å². The molecule has 1 N–H and O–H groups in total. The number of rotatable bonds is 4. The van der Waals surface area contributed by atoms with E-state index in [-0.39, 0.29) is 11.9 Å². The highest BCUT2D eigenvalue weighted by atomic mass is 35.5. The lowest BCUT2D eigenvalue weighted by atomic mass is 9.97. The third kappa shape index (κ3) is 3.84. The van der Waals surface area contributed by atoms with E-state index in [1.807, 2.05) is 37.3 Å². The molecule has 2 nitrogen and oxygen atoms in total. The number of hydrogen-bond acceptors (Lipinski definition) is 1. The third-order valence-corrected chi connectivity index (χ3v) is 4.18. The van der Waals surface area contributed by atoms with Gasteiger partial charge in [0.05, 0.1) is 6.04 Å². The Hall–Kier alpha value is -2.58. The average Bonchev–Trinajstić information content (AvgIpc) is 2.62. The Morgan fingerprint density at radius 2 is 1.42 bits per heavy atom. The maximum absolute atomic E-state index is 12.6. The van der Waals surface area contributed by atoms with Crippen molar-refractivity contribution in [2.75, 3.05) is 0 Å². The Morgan fingerprint density at radius 3 is 2.04 bits per heavy atom. The zero-order valence-corrected chi connectivity index (χ0v) is 14.1. The highest BCUT2D eigenvalue weighted by molar-refractivity contribution is 6.30. The van der Waals surface area contributed by atoms with Crippen molar-refractivity contribution in [1.29, 1.82) is 0 Å². The fraction of sp³-hybridized carbons (Fsp3) is 0.0952. The summed E-state index contributed by atoms with van der Waals surface area (Å²) in [6.07, 6.45) is 0. The fourth-order valence-corrected chi connectivity index (χ4v) is 2.71. The summed E-state index contributed by atoms with van der Waals surface area (Å²) in [4.78, 5) is 12.6. The van der Waals surface area contributed by atoms with Crippen molar-refractivity contribution in [3.63, 3.8) is 0 Å². The van der Waals surface area contributed by atoms with E-state index in [9.17, 15) is 4.79 Å². The minimum atomic E-state index is -0.199. The van der Waals surface area contributed by atoms with E-state index in [0.717, 1.165) is 11.1 Å². The molecule has 3 heteroatoms. The quantitative estimate of drug-likeness (QED) is 0.700. The van der Waals surface area contributed by atoms with Crippen LogP contribution in [0.4, 0.5) is 0 Å². The molecule has 3 rings (SSSR count). The molecule has 24 heavy (non-hydrogen) atoms. The van der Waals surface area contributed by atoms with Gasteiger partial charge in [0.15, 0.2) is 0 Å². The number of carbonyl (C=O) groups excluding carboxylic acids is 1. The van der Waals surface area contributed by atoms with Crippen LogP contribution in [0.2, 0.25) is 5.02 Å². The second-order valence-electron chi connectivity index (χ2n) is 5.73. The number of amides is 1. The average molecular weight is 336 g/mol. The first-order chi connectivity index (χ1) is 11.6. The van der Waals surface area contributed by atoms with E-state index in [2.05, 4.69) is 29.6 Å². The molecule has 0 aliphatic heterocycles. The number of aryl methyl sites for hydroxylation is 1. The summed E-state index contributed by atoms with van der Waals surface area (Å²) in [5.41, 5.74) is 3.87. The van der Waals surface area contributed by atoms with Gasteiger partial charge in [-0.1, -0.05) is 71.8 Å². The van der Waals surface area contributed by atoms with Crippen LogP contribution < -0.4 is 5.32 Å². The minimum absolute atomic E-state index is 0.124. The molecule has 1 atom stereocenters. The SMILES string of the molecule is Cc1ccc([C@@H](NC(=O)c2ccc(Cl)cc2)c2ccccc2)cc1. The summed E-state index contributed by atoms with van der Waals surface area (Å²) in [5.74, 6) is -0.124. The van der Waals surface area contributed by atoms with Crippen LogP contribution in [0.5, 0.6) is 0 Å². The lowest BCUT2D eigenvalue weighted by Gasteiger charge is -2.20. The first-order valence-electron chi connectivity index (χ1n) is 7.81. The molecule has 0 unspecified atom stereocenters. The van der Waals surface area contributed by atoms with E-state index < -0.39 is 0 Å². The summed E-state index contributed by atoms with van der Waals surface area (Å²) in [6, 6.07) is 24.9. The summed E-state index contributed by atoms with van der Waals surface area (Å²) < 4.78 is 0. The number of hydrogen-bond donors (Lipinski definition) is 1. The van der Waals surface area contributed by atoms with E-state index in [1.54, 1.807) is 24.3 Å². The van der Waals surface area contributed by atoms with Gasteiger partial charge in [0.1, 0.15) is 0 Å². The van der Waals surface area contributed by atoms with Crippen molar-refractivity contribution >= 4 is 17.5 Å². The molecule has 0 heterocycles. The molecule has 3 aromatic carbocycles. The first kappa shape index (κ1) is 16.3. The Morgan fingerprint density at radius 1 is 0.833 bits per heavy atom. The molecule has 0 spiro atoms. The van der Waals surface area contributed by atoms with E-state index >= 15 is 0 Å². The van der Waals surface area contributed by atoms with Crippen LogP contribution in [0, 0.1) is 6.92 Å². The monoisotopic (exact) mass is 335 g/mol. The van der Waals surface area contributed by atoms with E-state index in [0.29, 0.717) is 10.6 Å². The molecule has 0 saturated heterocycles. The van der Waals surface area contributed by atoms with Gasteiger partial charge < -0.3 is 5.32 Å². The molecule has 0 saturated carbocycles. The van der Waals surface area contributed by atoms with Gasteiger partial charge in [0, 0.05) is 10.6 Å². The Labute approximate surface area is 147 Å². The smallest absolute Gasteiger partial charge is 0.252 e. The molecule has 120 valence electrons. The van der Waals surface area contributed by atoms with Crippen molar-refractivity contribution in [1.82, 2.24) is 5.32 Å². The lowest BCUT2D eigenvalue weighted by molar-refractivity contribution is 0.0943. The minimum Gasteiger partial charge on any atom is -0.341 e. The summed E-state index contributed by atoms with van der Waals surface area (Å²) in [6.45, 7) is 2.05. The van der Waals surface area contributed by atoms with Crippen LogP contribution >= 0.6 is 11.6 Å². The molecule has 0 radical (unpaired) electrons. The maximum Gasteiger partial charge on any atom is 0.252 e. The topological polar surface area (TPSA) is 29.1 Å². The van der Waals surface area contributed by atoms with E-state index in [4.69, 9.17) is 11.6 Å². The molecular weight excluding hydrogens is 318 g/mol. The van der Waals surface area contributed by atoms with Gasteiger partial charge in [0.25, 0.3) is 5.91 Å². The predicted octanol–water partition coefficient (Wildman–Crippen LogP) is 5.17. The van der Waals surface area contributed by atoms with Gasteiger partial charge in [-0.3, -0.25) is 4.79 Å². The lowest BCUT2D eigenvalue weighted by Crippen LogP contribution is -2.29. The van der Waals surface area contributed by atoms with Crippen molar-refractivity contribution in [3.05, 3.63) is 106 Å². The second-order valence-corrected chi connectivity index (χ2v) is 6.17. The molecule has 0 aromatic heterocycles. The van der Waals surface area contributed by atoms with Crippen LogP contribution in [-0.4, -0.2) is 5.91 Å². The molecular formula is C21H18ClNO. The van der Waals surface area contributed by atoms with Crippen LogP contribution in [0.3, 0.4) is 0 Å². The van der Waals surface area contributed by atoms with Gasteiger partial charge >= 0.3 is 0 Å². The van der Waals surface area contributed by atoms with Crippen LogP contribution in [0.15, 0.2) is 78.9 Å². The van der Waals surface area contributed by atoms with Crippen LogP contribution in [0.1, 0.15) is 33.1 Å². The Balaban J connectivity index is 1.91. The summed E-state index contributed by atoms with van der Waals surface area (Å²) >= 11 is 5.90. The highest BCUT2D eigenvalue weighted by Crippen LogP contribution is 2.23. The van der Waals surface area contributed by atoms with E-state index in [1.165, 1.54) is 5.56 Å². The number of nitrogens with one attached hydrogen (secondary N) is 1. The normalized spacial score (nSPS) is 11.8. The zero-order valence-electron chi connectivity index (χ0n) is 13.4. The van der Waals surface area contributed by atoms with Gasteiger partial charge in [0.2, 0.25) is 0 Å². The predicted molar refractivity (Wildman–Crippen MR) is 98.4 cm³/mol. The largest absolute Gasteiger partial charge is 0.341 e. The Bertz CT molecular complexity index is 811. The standard InChI is InChI=1S/C21H18ClNO/c1-15-7-9-17(10-8-15)20(16-5-3-2-4-6-16)23-21(24)18-11-13-19(22)14-12-18/h2-14,20H,1H3,(H,23,24)/t20-/m0/s1. The van der Waals surface area contributed by atoms with Crippen molar-refractivity contribution in [3.8, 4) is 0 Å². The molecule has 0 bridgehead atoms. The van der Waals surface area contributed by atoms with Gasteiger partial charge in [-0.05, 0) is 42.3 Å². The van der Waals surface area contributed by atoms with Crippen molar-refractivity contribution < 1.29 is 4.79 Å². The summed E-state index contributed by atoms with van der Waals surface area (Å²) in [7, 11) is 0. The molecule has 0 aliphatic carbocycles. The second kappa shape index (κ2) is 7.33. The molecule has 0 fully saturated rings. The van der Waals surface area contributed by atoms with Crippen molar-refractivity contribution in [2.45, 2.75) is 13.0 Å². The fourth-order valence-electron chi connectivity index (χ4n) is 2.58. The number of halogens is 1. The first-order valence-corrected chi connectivity index (χ1v) is 8.19. The summed E-state index contributed by atoms with van der Waals surface area (Å²) in [5, 5.41) is 3.74. The van der Waals surface area contributed by atoms with Crippen LogP contribution in [-0.2, 0) is 0 Å². The maximum atomic E-state index is 12.6. The van der Waals surface area contributed by atoms with Gasteiger partial charge in [-0.2, -0.15) is 0 Å². The molecule has 0 aliphatic rings. The Kier molecular flexibility index (Phi) is 4.97. The molecule has 3 aromatic rings. The van der Waals surface area contributed by atoms with Gasteiger partial charge in [-0.15, -0.1) is 0 Å². The third-order valence-electron chi connectivity index (χ3n) is 3.93. The van der Waals surface area contributed by atoms with Crippen molar-refractivity contribution in [2.24, 2.45) is 0 Å². The molecule has 1 amide bonds.